The second-order valence-corrected chi connectivity index (χ2v) is 5.87. The van der Waals surface area contributed by atoms with Crippen LogP contribution in [0, 0.1) is 17.8 Å². The van der Waals surface area contributed by atoms with Gasteiger partial charge in [-0.3, -0.25) is 4.99 Å². The first-order valence-corrected chi connectivity index (χ1v) is 7.01. The Labute approximate surface area is 99.7 Å². The van der Waals surface area contributed by atoms with Crippen LogP contribution in [0.25, 0.3) is 0 Å². The molecule has 92 valence electrons. The SMILES string of the molecule is CC1CCCC(N=C(N)C2CCCC2)C1C. The summed E-state index contributed by atoms with van der Waals surface area (Å²) in [7, 11) is 0. The molecule has 0 aromatic heterocycles. The third-order valence-corrected chi connectivity index (χ3v) is 4.75. The van der Waals surface area contributed by atoms with Gasteiger partial charge in [0.25, 0.3) is 0 Å². The van der Waals surface area contributed by atoms with Crippen LogP contribution in [0.2, 0.25) is 0 Å². The fourth-order valence-corrected chi connectivity index (χ4v) is 3.25. The first-order chi connectivity index (χ1) is 7.68. The van der Waals surface area contributed by atoms with Gasteiger partial charge in [-0.1, -0.05) is 39.5 Å². The molecule has 0 saturated heterocycles. The van der Waals surface area contributed by atoms with Crippen LogP contribution in [0.1, 0.15) is 58.8 Å². The molecule has 2 fully saturated rings. The maximum atomic E-state index is 6.17. The van der Waals surface area contributed by atoms with Crippen molar-refractivity contribution in [3.8, 4) is 0 Å². The highest BCUT2D eigenvalue weighted by Crippen LogP contribution is 2.32. The summed E-state index contributed by atoms with van der Waals surface area (Å²) < 4.78 is 0. The molecule has 2 aliphatic carbocycles. The summed E-state index contributed by atoms with van der Waals surface area (Å²) >= 11 is 0. The van der Waals surface area contributed by atoms with E-state index in [2.05, 4.69) is 13.8 Å². The third kappa shape index (κ3) is 2.58. The van der Waals surface area contributed by atoms with Gasteiger partial charge in [0, 0.05) is 5.92 Å². The largest absolute Gasteiger partial charge is 0.387 e. The Morgan fingerprint density at radius 2 is 1.69 bits per heavy atom. The highest BCUT2D eigenvalue weighted by Gasteiger charge is 2.28. The summed E-state index contributed by atoms with van der Waals surface area (Å²) in [4.78, 5) is 4.84. The molecule has 0 radical (unpaired) electrons. The van der Waals surface area contributed by atoms with Crippen molar-refractivity contribution >= 4 is 5.84 Å². The van der Waals surface area contributed by atoms with Gasteiger partial charge in [-0.15, -0.1) is 0 Å². The molecule has 2 aliphatic rings. The highest BCUT2D eigenvalue weighted by atomic mass is 14.9. The number of nitrogens with two attached hydrogens (primary N) is 1. The van der Waals surface area contributed by atoms with Crippen LogP contribution in [0.4, 0.5) is 0 Å². The molecule has 16 heavy (non-hydrogen) atoms. The van der Waals surface area contributed by atoms with Crippen molar-refractivity contribution in [3.63, 3.8) is 0 Å². The highest BCUT2D eigenvalue weighted by molar-refractivity contribution is 5.83. The fraction of sp³-hybridized carbons (Fsp3) is 0.929. The summed E-state index contributed by atoms with van der Waals surface area (Å²) in [6.45, 7) is 4.71. The lowest BCUT2D eigenvalue weighted by Gasteiger charge is -2.32. The van der Waals surface area contributed by atoms with Crippen molar-refractivity contribution in [2.45, 2.75) is 64.8 Å². The number of amidine groups is 1. The van der Waals surface area contributed by atoms with E-state index in [1.165, 1.54) is 44.9 Å². The Hall–Kier alpha value is -0.530. The second kappa shape index (κ2) is 5.20. The molecular formula is C14H26N2. The van der Waals surface area contributed by atoms with E-state index in [0.29, 0.717) is 17.9 Å². The minimum Gasteiger partial charge on any atom is -0.387 e. The van der Waals surface area contributed by atoms with Crippen molar-refractivity contribution in [1.82, 2.24) is 0 Å². The quantitative estimate of drug-likeness (QED) is 0.564. The van der Waals surface area contributed by atoms with Crippen LogP contribution in [0.3, 0.4) is 0 Å². The summed E-state index contributed by atoms with van der Waals surface area (Å²) in [6.07, 6.45) is 9.18. The van der Waals surface area contributed by atoms with E-state index >= 15 is 0 Å². The molecule has 3 unspecified atom stereocenters. The van der Waals surface area contributed by atoms with Crippen LogP contribution >= 0.6 is 0 Å². The van der Waals surface area contributed by atoms with Crippen LogP contribution in [0.15, 0.2) is 4.99 Å². The van der Waals surface area contributed by atoms with Gasteiger partial charge in [0.05, 0.1) is 11.9 Å². The smallest absolute Gasteiger partial charge is 0.0971 e. The third-order valence-electron chi connectivity index (χ3n) is 4.75. The lowest BCUT2D eigenvalue weighted by atomic mass is 9.78. The van der Waals surface area contributed by atoms with E-state index in [9.17, 15) is 0 Å². The molecule has 2 N–H and O–H groups in total. The number of aliphatic imine (C=N–C) groups is 1. The van der Waals surface area contributed by atoms with Gasteiger partial charge in [0.15, 0.2) is 0 Å². The zero-order valence-corrected chi connectivity index (χ0v) is 10.8. The predicted octanol–water partition coefficient (Wildman–Crippen LogP) is 3.36. The molecule has 2 nitrogen and oxygen atoms in total. The Morgan fingerprint density at radius 1 is 1.00 bits per heavy atom. The molecule has 0 aromatic rings. The van der Waals surface area contributed by atoms with E-state index in [-0.39, 0.29) is 0 Å². The second-order valence-electron chi connectivity index (χ2n) is 5.87. The molecule has 2 saturated carbocycles. The van der Waals surface area contributed by atoms with Gasteiger partial charge in [-0.2, -0.15) is 0 Å². The van der Waals surface area contributed by atoms with Crippen molar-refractivity contribution in [3.05, 3.63) is 0 Å². The lowest BCUT2D eigenvalue weighted by Crippen LogP contribution is -2.31. The zero-order chi connectivity index (χ0) is 11.5. The van der Waals surface area contributed by atoms with E-state index in [1.807, 2.05) is 0 Å². The Morgan fingerprint density at radius 3 is 2.38 bits per heavy atom. The minimum atomic E-state index is 0.504. The molecule has 0 aliphatic heterocycles. The van der Waals surface area contributed by atoms with Crippen LogP contribution in [-0.2, 0) is 0 Å². The molecule has 0 bridgehead atoms. The number of nitrogens with zero attached hydrogens (tertiary/aromatic N) is 1. The monoisotopic (exact) mass is 222 g/mol. The van der Waals surface area contributed by atoms with E-state index in [4.69, 9.17) is 10.7 Å². The molecule has 0 amide bonds. The van der Waals surface area contributed by atoms with Crippen molar-refractivity contribution in [2.75, 3.05) is 0 Å². The molecular weight excluding hydrogens is 196 g/mol. The van der Waals surface area contributed by atoms with E-state index in [1.54, 1.807) is 0 Å². The Bertz CT molecular complexity index is 253. The summed E-state index contributed by atoms with van der Waals surface area (Å²) in [5, 5.41) is 0. The van der Waals surface area contributed by atoms with Gasteiger partial charge in [-0.05, 0) is 31.1 Å². The maximum absolute atomic E-state index is 6.17. The molecule has 0 heterocycles. The van der Waals surface area contributed by atoms with Crippen LogP contribution < -0.4 is 5.73 Å². The fourth-order valence-electron chi connectivity index (χ4n) is 3.25. The van der Waals surface area contributed by atoms with Crippen LogP contribution in [0.5, 0.6) is 0 Å². The first kappa shape index (κ1) is 11.9. The Balaban J connectivity index is 1.98. The molecule has 2 heteroatoms. The van der Waals surface area contributed by atoms with E-state index < -0.39 is 0 Å². The molecule has 0 aromatic carbocycles. The molecule has 2 rings (SSSR count). The number of rotatable bonds is 2. The molecule has 3 atom stereocenters. The van der Waals surface area contributed by atoms with Crippen molar-refractivity contribution < 1.29 is 0 Å². The maximum Gasteiger partial charge on any atom is 0.0971 e. The average molecular weight is 222 g/mol. The summed E-state index contributed by atoms with van der Waals surface area (Å²) in [6, 6.07) is 0.504. The summed E-state index contributed by atoms with van der Waals surface area (Å²) in [5.41, 5.74) is 6.17. The first-order valence-electron chi connectivity index (χ1n) is 7.01. The Kier molecular flexibility index (Phi) is 3.88. The predicted molar refractivity (Wildman–Crippen MR) is 69.5 cm³/mol. The van der Waals surface area contributed by atoms with E-state index in [0.717, 1.165) is 11.8 Å². The van der Waals surface area contributed by atoms with Crippen molar-refractivity contribution in [2.24, 2.45) is 28.5 Å². The number of hydrogen-bond acceptors (Lipinski definition) is 1. The zero-order valence-electron chi connectivity index (χ0n) is 10.8. The van der Waals surface area contributed by atoms with Crippen LogP contribution in [-0.4, -0.2) is 11.9 Å². The van der Waals surface area contributed by atoms with Crippen molar-refractivity contribution in [1.29, 1.82) is 0 Å². The van der Waals surface area contributed by atoms with Gasteiger partial charge >= 0.3 is 0 Å². The average Bonchev–Trinajstić information content (AvgIpc) is 2.78. The number of hydrogen-bond donors (Lipinski definition) is 1. The normalized spacial score (nSPS) is 37.9. The standard InChI is InChI=1S/C14H26N2/c1-10-6-5-9-13(11(10)2)16-14(15)12-7-3-4-8-12/h10-13H,3-9H2,1-2H3,(H2,15,16). The van der Waals surface area contributed by atoms with Gasteiger partial charge in [-0.25, -0.2) is 0 Å². The van der Waals surface area contributed by atoms with Gasteiger partial charge in [0.1, 0.15) is 0 Å². The van der Waals surface area contributed by atoms with Gasteiger partial charge in [0.2, 0.25) is 0 Å². The topological polar surface area (TPSA) is 38.4 Å². The molecule has 0 spiro atoms. The summed E-state index contributed by atoms with van der Waals surface area (Å²) in [5.74, 6) is 3.10. The minimum absolute atomic E-state index is 0.504. The van der Waals surface area contributed by atoms with Gasteiger partial charge < -0.3 is 5.73 Å². The lowest BCUT2D eigenvalue weighted by molar-refractivity contribution is 0.241.